The second kappa shape index (κ2) is 7.99. The van der Waals surface area contributed by atoms with Crippen molar-refractivity contribution in [3.05, 3.63) is 59.4 Å². The summed E-state index contributed by atoms with van der Waals surface area (Å²) in [6.45, 7) is 9.13. The second-order valence-corrected chi connectivity index (χ2v) is 7.11. The molecule has 2 amide bonds. The summed E-state index contributed by atoms with van der Waals surface area (Å²) in [6, 6.07) is 9.98. The smallest absolute Gasteiger partial charge is 0.408 e. The third kappa shape index (κ3) is 5.58. The standard InChI is InChI=1S/C20H25N3O3/c1-13-11-16(12-21-14(13)2)22-18(24)17(15-9-7-6-8-10-15)23-19(25)26-20(3,4)5/h6-12,17H,1-5H3,(H,22,24)(H,23,25)/t17-/m1/s1. The summed E-state index contributed by atoms with van der Waals surface area (Å²) in [5.41, 5.74) is 2.45. The molecule has 0 aliphatic rings. The number of aryl methyl sites for hydroxylation is 2. The highest BCUT2D eigenvalue weighted by Gasteiger charge is 2.26. The van der Waals surface area contributed by atoms with Crippen molar-refractivity contribution in [1.29, 1.82) is 0 Å². The number of alkyl carbamates (subject to hydrolysis) is 1. The van der Waals surface area contributed by atoms with Gasteiger partial charge < -0.3 is 15.4 Å². The number of hydrogen-bond acceptors (Lipinski definition) is 4. The Bertz CT molecular complexity index is 783. The molecule has 0 spiro atoms. The van der Waals surface area contributed by atoms with Crippen molar-refractivity contribution in [3.8, 4) is 0 Å². The Morgan fingerprint density at radius 1 is 1.12 bits per heavy atom. The Hall–Kier alpha value is -2.89. The Kier molecular flexibility index (Phi) is 5.97. The number of benzene rings is 1. The fourth-order valence-corrected chi connectivity index (χ4v) is 2.30. The molecule has 0 fully saturated rings. The van der Waals surface area contributed by atoms with Crippen molar-refractivity contribution in [2.45, 2.75) is 46.3 Å². The normalized spacial score (nSPS) is 12.2. The number of anilines is 1. The Labute approximate surface area is 154 Å². The number of hydrogen-bond donors (Lipinski definition) is 2. The predicted molar refractivity (Wildman–Crippen MR) is 101 cm³/mol. The lowest BCUT2D eigenvalue weighted by Crippen LogP contribution is -2.40. The van der Waals surface area contributed by atoms with Gasteiger partial charge >= 0.3 is 6.09 Å². The van der Waals surface area contributed by atoms with Gasteiger partial charge in [-0.25, -0.2) is 4.79 Å². The van der Waals surface area contributed by atoms with Crippen LogP contribution < -0.4 is 10.6 Å². The molecule has 0 unspecified atom stereocenters. The van der Waals surface area contributed by atoms with Crippen LogP contribution in [-0.4, -0.2) is 22.6 Å². The topological polar surface area (TPSA) is 80.3 Å². The summed E-state index contributed by atoms with van der Waals surface area (Å²) >= 11 is 0. The number of pyridine rings is 1. The highest BCUT2D eigenvalue weighted by atomic mass is 16.6. The molecule has 1 heterocycles. The number of carbonyl (C=O) groups excluding carboxylic acids is 2. The summed E-state index contributed by atoms with van der Waals surface area (Å²) < 4.78 is 5.28. The van der Waals surface area contributed by atoms with Gasteiger partial charge in [-0.1, -0.05) is 30.3 Å². The predicted octanol–water partition coefficient (Wildman–Crippen LogP) is 3.90. The van der Waals surface area contributed by atoms with Crippen LogP contribution in [0.2, 0.25) is 0 Å². The largest absolute Gasteiger partial charge is 0.444 e. The summed E-state index contributed by atoms with van der Waals surface area (Å²) in [6.07, 6.45) is 0.940. The molecule has 2 N–H and O–H groups in total. The van der Waals surface area contributed by atoms with E-state index >= 15 is 0 Å². The fourth-order valence-electron chi connectivity index (χ4n) is 2.30. The lowest BCUT2D eigenvalue weighted by Gasteiger charge is -2.23. The van der Waals surface area contributed by atoms with Crippen molar-refractivity contribution in [2.75, 3.05) is 5.32 Å². The third-order valence-electron chi connectivity index (χ3n) is 3.66. The monoisotopic (exact) mass is 355 g/mol. The maximum atomic E-state index is 12.8. The summed E-state index contributed by atoms with van der Waals surface area (Å²) in [5.74, 6) is -0.368. The van der Waals surface area contributed by atoms with E-state index in [9.17, 15) is 9.59 Å². The average Bonchev–Trinajstić information content (AvgIpc) is 2.55. The van der Waals surface area contributed by atoms with Gasteiger partial charge in [0, 0.05) is 5.69 Å². The van der Waals surface area contributed by atoms with E-state index in [4.69, 9.17) is 4.74 Å². The number of carbonyl (C=O) groups is 2. The van der Waals surface area contributed by atoms with E-state index in [1.165, 1.54) is 0 Å². The molecule has 0 bridgehead atoms. The van der Waals surface area contributed by atoms with Crippen LogP contribution in [0.15, 0.2) is 42.6 Å². The third-order valence-corrected chi connectivity index (χ3v) is 3.66. The van der Waals surface area contributed by atoms with E-state index in [-0.39, 0.29) is 5.91 Å². The first-order valence-corrected chi connectivity index (χ1v) is 8.44. The maximum absolute atomic E-state index is 12.8. The number of nitrogens with one attached hydrogen (secondary N) is 2. The molecule has 138 valence electrons. The average molecular weight is 355 g/mol. The van der Waals surface area contributed by atoms with Crippen molar-refractivity contribution in [1.82, 2.24) is 10.3 Å². The number of amides is 2. The first-order chi connectivity index (χ1) is 12.2. The maximum Gasteiger partial charge on any atom is 0.408 e. The molecule has 0 aliphatic carbocycles. The van der Waals surface area contributed by atoms with Crippen LogP contribution in [-0.2, 0) is 9.53 Å². The SMILES string of the molecule is Cc1cc(NC(=O)[C@H](NC(=O)OC(C)(C)C)c2ccccc2)cnc1C. The van der Waals surface area contributed by atoms with Crippen LogP contribution in [0.4, 0.5) is 10.5 Å². The number of aromatic nitrogens is 1. The van der Waals surface area contributed by atoms with E-state index < -0.39 is 17.7 Å². The zero-order valence-electron chi connectivity index (χ0n) is 15.8. The summed E-state index contributed by atoms with van der Waals surface area (Å²) in [7, 11) is 0. The van der Waals surface area contributed by atoms with Crippen molar-refractivity contribution >= 4 is 17.7 Å². The molecule has 0 radical (unpaired) electrons. The molecule has 6 heteroatoms. The molecule has 0 saturated heterocycles. The minimum absolute atomic E-state index is 0.368. The highest BCUT2D eigenvalue weighted by molar-refractivity contribution is 5.97. The molecule has 2 aromatic rings. The zero-order valence-corrected chi connectivity index (χ0v) is 15.8. The molecule has 1 atom stereocenters. The van der Waals surface area contributed by atoms with Crippen LogP contribution in [0, 0.1) is 13.8 Å². The molecule has 6 nitrogen and oxygen atoms in total. The Morgan fingerprint density at radius 3 is 2.35 bits per heavy atom. The Morgan fingerprint density at radius 2 is 1.77 bits per heavy atom. The first-order valence-electron chi connectivity index (χ1n) is 8.44. The molecule has 2 rings (SSSR count). The van der Waals surface area contributed by atoms with Gasteiger partial charge in [0.25, 0.3) is 5.91 Å². The molecule has 1 aromatic heterocycles. The fraction of sp³-hybridized carbons (Fsp3) is 0.350. The van der Waals surface area contributed by atoms with Gasteiger partial charge in [-0.05, 0) is 51.8 Å². The molecular formula is C20H25N3O3. The van der Waals surface area contributed by atoms with Gasteiger partial charge in [0.15, 0.2) is 0 Å². The zero-order chi connectivity index (χ0) is 19.3. The van der Waals surface area contributed by atoms with E-state index in [1.807, 2.05) is 38.1 Å². The van der Waals surface area contributed by atoms with Crippen LogP contribution in [0.25, 0.3) is 0 Å². The molecule has 0 saturated carbocycles. The number of ether oxygens (including phenoxy) is 1. The minimum Gasteiger partial charge on any atom is -0.444 e. The van der Waals surface area contributed by atoms with Gasteiger partial charge in [0.2, 0.25) is 0 Å². The number of nitrogens with zero attached hydrogens (tertiary/aromatic N) is 1. The van der Waals surface area contributed by atoms with Crippen molar-refractivity contribution in [2.24, 2.45) is 0 Å². The van der Waals surface area contributed by atoms with E-state index in [2.05, 4.69) is 15.6 Å². The molecule has 0 aliphatic heterocycles. The van der Waals surface area contributed by atoms with E-state index in [0.29, 0.717) is 11.3 Å². The quantitative estimate of drug-likeness (QED) is 0.871. The second-order valence-electron chi connectivity index (χ2n) is 7.11. The Balaban J connectivity index is 2.21. The van der Waals surface area contributed by atoms with Crippen LogP contribution in [0.1, 0.15) is 43.6 Å². The van der Waals surface area contributed by atoms with Gasteiger partial charge in [0.1, 0.15) is 11.6 Å². The lowest BCUT2D eigenvalue weighted by atomic mass is 10.1. The van der Waals surface area contributed by atoms with Crippen molar-refractivity contribution in [3.63, 3.8) is 0 Å². The van der Waals surface area contributed by atoms with Crippen LogP contribution in [0.5, 0.6) is 0 Å². The summed E-state index contributed by atoms with van der Waals surface area (Å²) in [4.78, 5) is 29.2. The van der Waals surface area contributed by atoms with E-state index in [1.54, 1.807) is 39.1 Å². The van der Waals surface area contributed by atoms with Crippen LogP contribution >= 0.6 is 0 Å². The van der Waals surface area contributed by atoms with Gasteiger partial charge in [-0.15, -0.1) is 0 Å². The molecular weight excluding hydrogens is 330 g/mol. The van der Waals surface area contributed by atoms with Gasteiger partial charge in [0.05, 0.1) is 11.9 Å². The minimum atomic E-state index is -0.882. The van der Waals surface area contributed by atoms with Gasteiger partial charge in [-0.3, -0.25) is 9.78 Å². The molecule has 26 heavy (non-hydrogen) atoms. The summed E-state index contributed by atoms with van der Waals surface area (Å²) in [5, 5.41) is 5.45. The van der Waals surface area contributed by atoms with Crippen molar-refractivity contribution < 1.29 is 14.3 Å². The first kappa shape index (κ1) is 19.4. The number of rotatable bonds is 4. The van der Waals surface area contributed by atoms with Gasteiger partial charge in [-0.2, -0.15) is 0 Å². The van der Waals surface area contributed by atoms with E-state index in [0.717, 1.165) is 11.3 Å². The lowest BCUT2D eigenvalue weighted by molar-refractivity contribution is -0.118. The van der Waals surface area contributed by atoms with Crippen LogP contribution in [0.3, 0.4) is 0 Å². The molecule has 1 aromatic carbocycles. The highest BCUT2D eigenvalue weighted by Crippen LogP contribution is 2.18.